The average Bonchev–Trinajstić information content (AvgIpc) is 3.38. The molecule has 0 aliphatic heterocycles. The van der Waals surface area contributed by atoms with Crippen LogP contribution in [0.5, 0.6) is 11.5 Å². The lowest BCUT2D eigenvalue weighted by atomic mass is 10.1. The van der Waals surface area contributed by atoms with Gasteiger partial charge in [-0.2, -0.15) is 0 Å². The van der Waals surface area contributed by atoms with Crippen molar-refractivity contribution < 1.29 is 23.9 Å². The highest BCUT2D eigenvalue weighted by Gasteiger charge is 2.20. The molecule has 3 heterocycles. The number of hydrogen-bond acceptors (Lipinski definition) is 12. The molecule has 3 amide bonds. The number of primary amides is 3. The Hall–Kier alpha value is -7.53. The Morgan fingerprint density at radius 2 is 0.959 bits per heavy atom. The van der Waals surface area contributed by atoms with Crippen molar-refractivity contribution >= 4 is 143 Å². The van der Waals surface area contributed by atoms with Gasteiger partial charge in [-0.05, 0) is 97.8 Å². The van der Waals surface area contributed by atoms with Gasteiger partial charge in [0.25, 0.3) is 17.7 Å². The number of halogens is 4. The number of anilines is 6. The third kappa shape index (κ3) is 12.1. The fourth-order valence-electron chi connectivity index (χ4n) is 7.83. The third-order valence-corrected chi connectivity index (χ3v) is 13.9. The van der Waals surface area contributed by atoms with Crippen molar-refractivity contribution in [3.8, 4) is 11.5 Å². The number of ether oxygens (including phenoxy) is 2. The maximum absolute atomic E-state index is 12.0. The summed E-state index contributed by atoms with van der Waals surface area (Å²) >= 11 is 26.0. The van der Waals surface area contributed by atoms with Crippen LogP contribution in [0.3, 0.4) is 0 Å². The lowest BCUT2D eigenvalue weighted by Crippen LogP contribution is -2.14. The van der Waals surface area contributed by atoms with Crippen LogP contribution < -0.4 is 42.6 Å². The number of thioether (sulfide) groups is 1. The number of methoxy groups -OCH3 is 2. The summed E-state index contributed by atoms with van der Waals surface area (Å²) < 4.78 is 10.7. The Labute approximate surface area is 451 Å². The first-order valence-corrected chi connectivity index (χ1v) is 25.3. The molecule has 3 aromatic heterocycles. The zero-order valence-electron chi connectivity index (χ0n) is 40.8. The van der Waals surface area contributed by atoms with Crippen molar-refractivity contribution in [3.63, 3.8) is 0 Å². The Balaban J connectivity index is 0.000000162. The van der Waals surface area contributed by atoms with E-state index in [1.165, 1.54) is 18.6 Å². The number of carbonyl (C=O) groups excluding carboxylic acids is 3. The van der Waals surface area contributed by atoms with Crippen LogP contribution in [0.25, 0.3) is 32.7 Å². The van der Waals surface area contributed by atoms with Crippen molar-refractivity contribution in [2.24, 2.45) is 17.2 Å². The van der Waals surface area contributed by atoms with Gasteiger partial charge in [-0.25, -0.2) is 0 Å². The molecule has 0 spiro atoms. The number of benzene rings is 6. The van der Waals surface area contributed by atoms with Gasteiger partial charge in [0.2, 0.25) is 0 Å². The normalized spacial score (nSPS) is 10.7. The Kier molecular flexibility index (Phi) is 17.6. The number of nitrogens with two attached hydrogens (primary N) is 3. The van der Waals surface area contributed by atoms with E-state index in [2.05, 4.69) is 37.8 Å². The van der Waals surface area contributed by atoms with Gasteiger partial charge < -0.3 is 42.6 Å². The minimum Gasteiger partial charge on any atom is -0.493 e. The van der Waals surface area contributed by atoms with Crippen LogP contribution in [-0.4, -0.2) is 53.1 Å². The van der Waals surface area contributed by atoms with Gasteiger partial charge >= 0.3 is 0 Å². The molecule has 0 bridgehead atoms. The summed E-state index contributed by atoms with van der Waals surface area (Å²) in [6.07, 6.45) is 7.20. The summed E-state index contributed by atoms with van der Waals surface area (Å²) in [5, 5.41) is 13.6. The SMILES string of the molecule is CCc1ccccc1Nc1c(C(N)=O)cnc2cc(Cl)c(Cl)cc12.COc1cc2ncc(C(N)=O)c(Nc3cc(C)ccc3C)c2cc1OC.CSc1ccccc1Nc1c(C(N)=O)cnc2cc(Cl)c(Cl)cc12. The second-order valence-electron chi connectivity index (χ2n) is 16.4. The minimum absolute atomic E-state index is 0.289. The van der Waals surface area contributed by atoms with Crippen LogP contribution in [-0.2, 0) is 6.42 Å². The molecule has 0 fully saturated rings. The zero-order chi connectivity index (χ0) is 53.4. The summed E-state index contributed by atoms with van der Waals surface area (Å²) in [5.74, 6) is -0.571. The van der Waals surface area contributed by atoms with E-state index >= 15 is 0 Å². The molecule has 0 aliphatic carbocycles. The number of rotatable bonds is 13. The number of carbonyl (C=O) groups is 3. The highest BCUT2D eigenvalue weighted by Crippen LogP contribution is 2.40. The molecule has 6 aromatic carbocycles. The smallest absolute Gasteiger partial charge is 0.252 e. The van der Waals surface area contributed by atoms with Gasteiger partial charge in [-0.1, -0.05) is 95.8 Å². The number of hydrogen-bond donors (Lipinski definition) is 6. The lowest BCUT2D eigenvalue weighted by Gasteiger charge is -2.17. The van der Waals surface area contributed by atoms with E-state index < -0.39 is 17.7 Å². The maximum atomic E-state index is 12.0. The Bertz CT molecular complexity index is 3490. The van der Waals surface area contributed by atoms with Gasteiger partial charge in [0.1, 0.15) is 0 Å². The van der Waals surface area contributed by atoms with Crippen molar-refractivity contribution in [2.45, 2.75) is 32.1 Å². The van der Waals surface area contributed by atoms with E-state index in [0.29, 0.717) is 87.1 Å². The van der Waals surface area contributed by atoms with Gasteiger partial charge in [-0.3, -0.25) is 29.3 Å². The van der Waals surface area contributed by atoms with Crippen LogP contribution in [0.4, 0.5) is 34.1 Å². The fraction of sp³-hybridized carbons (Fsp3) is 0.127. The molecule has 0 aliphatic rings. The Morgan fingerprint density at radius 3 is 1.45 bits per heavy atom. The molecule has 9 aromatic rings. The Morgan fingerprint density at radius 1 is 0.541 bits per heavy atom. The fourth-order valence-corrected chi connectivity index (χ4v) is 9.03. The van der Waals surface area contributed by atoms with Gasteiger partial charge in [0.05, 0.1) is 90.3 Å². The predicted molar refractivity (Wildman–Crippen MR) is 304 cm³/mol. The van der Waals surface area contributed by atoms with Crippen LogP contribution >= 0.6 is 58.2 Å². The van der Waals surface area contributed by atoms with Crippen LogP contribution in [0, 0.1) is 13.8 Å². The van der Waals surface area contributed by atoms with Gasteiger partial charge in [0, 0.05) is 57.1 Å². The zero-order valence-corrected chi connectivity index (χ0v) is 44.6. The molecule has 9 N–H and O–H groups in total. The number of para-hydroxylation sites is 2. The molecule has 9 rings (SSSR count). The molecule has 0 unspecified atom stereocenters. The summed E-state index contributed by atoms with van der Waals surface area (Å²) in [6, 6.07) is 32.0. The monoisotopic (exact) mass is 1090 g/mol. The number of aryl methyl sites for hydroxylation is 3. The number of nitrogens with one attached hydrogen (secondary N) is 3. The number of fused-ring (bicyclic) bond motifs is 3. The average molecular weight is 1090 g/mol. The molecular weight excluding hydrogens is 1040 g/mol. The molecule has 378 valence electrons. The third-order valence-electron chi connectivity index (χ3n) is 11.7. The minimum atomic E-state index is -0.570. The van der Waals surface area contributed by atoms with E-state index in [9.17, 15) is 14.4 Å². The molecule has 0 saturated heterocycles. The molecule has 0 radical (unpaired) electrons. The lowest BCUT2D eigenvalue weighted by molar-refractivity contribution is 0.0992. The van der Waals surface area contributed by atoms with E-state index in [4.69, 9.17) is 73.1 Å². The van der Waals surface area contributed by atoms with E-state index in [1.807, 2.05) is 86.8 Å². The number of nitrogens with zero attached hydrogens (tertiary/aromatic N) is 3. The van der Waals surface area contributed by atoms with Crippen LogP contribution in [0.15, 0.2) is 127 Å². The summed E-state index contributed by atoms with van der Waals surface area (Å²) in [7, 11) is 3.13. The maximum Gasteiger partial charge on any atom is 0.252 e. The first kappa shape index (κ1) is 54.2. The summed E-state index contributed by atoms with van der Waals surface area (Å²) in [6.45, 7) is 6.08. The van der Waals surface area contributed by atoms with E-state index in [-0.39, 0.29) is 5.56 Å². The van der Waals surface area contributed by atoms with Crippen LogP contribution in [0.1, 0.15) is 54.7 Å². The topological polar surface area (TPSA) is 222 Å². The van der Waals surface area contributed by atoms with E-state index in [1.54, 1.807) is 62.4 Å². The summed E-state index contributed by atoms with van der Waals surface area (Å²) in [5.41, 5.74) is 27.1. The molecular formula is C55H49Cl4N9O5S. The van der Waals surface area contributed by atoms with Crippen LogP contribution in [0.2, 0.25) is 20.1 Å². The van der Waals surface area contributed by atoms with Gasteiger partial charge in [0.15, 0.2) is 11.5 Å². The number of pyridine rings is 3. The molecule has 19 heteroatoms. The molecule has 14 nitrogen and oxygen atoms in total. The molecule has 0 atom stereocenters. The first-order chi connectivity index (χ1) is 35.5. The largest absolute Gasteiger partial charge is 0.493 e. The van der Waals surface area contributed by atoms with Crippen molar-refractivity contribution in [3.05, 3.63) is 175 Å². The van der Waals surface area contributed by atoms with Crippen molar-refractivity contribution in [1.29, 1.82) is 0 Å². The van der Waals surface area contributed by atoms with Crippen molar-refractivity contribution in [2.75, 3.05) is 36.4 Å². The summed E-state index contributed by atoms with van der Waals surface area (Å²) in [4.78, 5) is 49.6. The second-order valence-corrected chi connectivity index (χ2v) is 18.9. The van der Waals surface area contributed by atoms with Crippen molar-refractivity contribution in [1.82, 2.24) is 15.0 Å². The highest BCUT2D eigenvalue weighted by atomic mass is 35.5. The second kappa shape index (κ2) is 24.0. The first-order valence-electron chi connectivity index (χ1n) is 22.6. The number of aromatic nitrogens is 3. The molecule has 0 saturated carbocycles. The highest BCUT2D eigenvalue weighted by molar-refractivity contribution is 7.98. The quantitative estimate of drug-likeness (QED) is 0.0594. The predicted octanol–water partition coefficient (Wildman–Crippen LogP) is 13.8. The standard InChI is InChI=1S/C20H21N3O3.C18H15Cl2N3O.C17H13Cl2N3OS/c1-11-5-6-12(2)15(7-11)23-19-13-8-17(25-3)18(26-4)9-16(13)22-10-14(19)20(21)24;1-2-10-5-3-4-6-15(10)23-17-11-7-13(19)14(20)8-16(11)22-9-12(17)18(21)24;1-24-15-5-3-2-4-13(15)22-16-9-6-11(18)12(19)7-14(9)21-8-10(16)17(20)23/h5-10H,1-4H3,(H2,21,24)(H,22,23);3-9H,2H2,1H3,(H2,21,24)(H,22,23);2-8H,1H3,(H2,20,23)(H,21,22). The molecule has 74 heavy (non-hydrogen) atoms. The van der Waals surface area contributed by atoms with Gasteiger partial charge in [-0.15, -0.1) is 11.8 Å². The number of amides is 3. The van der Waals surface area contributed by atoms with E-state index in [0.717, 1.165) is 50.5 Å².